The van der Waals surface area contributed by atoms with Crippen molar-refractivity contribution in [2.75, 3.05) is 13.2 Å². The fraction of sp³-hybridized carbons (Fsp3) is 0.500. The number of nitrogens with zero attached hydrogens (tertiary/aromatic N) is 1. The maximum Gasteiger partial charge on any atom is 0.0991 e. The molecule has 3 nitrogen and oxygen atoms in total. The summed E-state index contributed by atoms with van der Waals surface area (Å²) in [6, 6.07) is 9.84. The van der Waals surface area contributed by atoms with Gasteiger partial charge in [0.05, 0.1) is 18.2 Å². The van der Waals surface area contributed by atoms with E-state index in [0.29, 0.717) is 5.56 Å². The predicted octanol–water partition coefficient (Wildman–Crippen LogP) is 2.22. The maximum absolute atomic E-state index is 8.72. The van der Waals surface area contributed by atoms with Gasteiger partial charge in [-0.1, -0.05) is 12.1 Å². The van der Waals surface area contributed by atoms with E-state index in [1.165, 1.54) is 5.56 Å². The van der Waals surface area contributed by atoms with E-state index in [4.69, 9.17) is 10.00 Å². The Morgan fingerprint density at radius 1 is 1.41 bits per heavy atom. The average molecular weight is 230 g/mol. The number of hydrogen-bond acceptors (Lipinski definition) is 3. The Bertz CT molecular complexity index is 399. The summed E-state index contributed by atoms with van der Waals surface area (Å²) >= 11 is 0. The van der Waals surface area contributed by atoms with E-state index < -0.39 is 0 Å². The van der Waals surface area contributed by atoms with Crippen molar-refractivity contribution in [3.63, 3.8) is 0 Å². The summed E-state index contributed by atoms with van der Waals surface area (Å²) in [4.78, 5) is 0. The molecule has 3 heteroatoms. The molecule has 1 heterocycles. The van der Waals surface area contributed by atoms with Crippen LogP contribution in [-0.4, -0.2) is 18.8 Å². The molecule has 0 aromatic heterocycles. The van der Waals surface area contributed by atoms with Crippen LogP contribution in [0.3, 0.4) is 0 Å². The molecule has 1 aliphatic heterocycles. The predicted molar refractivity (Wildman–Crippen MR) is 66.5 cm³/mol. The molecule has 1 aliphatic rings. The van der Waals surface area contributed by atoms with Gasteiger partial charge in [-0.05, 0) is 37.5 Å². The molecule has 0 bridgehead atoms. The molecule has 0 saturated carbocycles. The first kappa shape index (κ1) is 12.1. The third kappa shape index (κ3) is 3.29. The minimum atomic E-state index is 0.0894. The number of nitrogens with one attached hydrogen (secondary N) is 1. The lowest BCUT2D eigenvalue weighted by Crippen LogP contribution is -2.48. The van der Waals surface area contributed by atoms with Gasteiger partial charge < -0.3 is 10.1 Å². The summed E-state index contributed by atoms with van der Waals surface area (Å²) in [5.41, 5.74) is 2.00. The Morgan fingerprint density at radius 2 is 2.18 bits per heavy atom. The number of ether oxygens (including phenoxy) is 1. The summed E-state index contributed by atoms with van der Waals surface area (Å²) < 4.78 is 5.50. The number of nitriles is 1. The Balaban J connectivity index is 1.90. The zero-order chi connectivity index (χ0) is 12.1. The molecule has 90 valence electrons. The van der Waals surface area contributed by atoms with Crippen LogP contribution in [0.25, 0.3) is 0 Å². The second-order valence-corrected chi connectivity index (χ2v) is 4.88. The topological polar surface area (TPSA) is 45.0 Å². The van der Waals surface area contributed by atoms with Gasteiger partial charge >= 0.3 is 0 Å². The van der Waals surface area contributed by atoms with Gasteiger partial charge in [-0.25, -0.2) is 0 Å². The van der Waals surface area contributed by atoms with Gasteiger partial charge in [0.25, 0.3) is 0 Å². The van der Waals surface area contributed by atoms with Gasteiger partial charge in [0.1, 0.15) is 0 Å². The van der Waals surface area contributed by atoms with Crippen LogP contribution in [0, 0.1) is 11.3 Å². The zero-order valence-electron chi connectivity index (χ0n) is 10.2. The van der Waals surface area contributed by atoms with Crippen molar-refractivity contribution in [3.05, 3.63) is 35.4 Å². The fourth-order valence-electron chi connectivity index (χ4n) is 2.09. The van der Waals surface area contributed by atoms with Gasteiger partial charge in [0, 0.05) is 18.7 Å². The minimum absolute atomic E-state index is 0.0894. The first-order valence-electron chi connectivity index (χ1n) is 6.04. The van der Waals surface area contributed by atoms with Crippen molar-refractivity contribution in [2.24, 2.45) is 0 Å². The van der Waals surface area contributed by atoms with Crippen LogP contribution >= 0.6 is 0 Å². The van der Waals surface area contributed by atoms with E-state index in [9.17, 15) is 0 Å². The van der Waals surface area contributed by atoms with Crippen LogP contribution in [-0.2, 0) is 11.3 Å². The number of benzene rings is 1. The van der Waals surface area contributed by atoms with Gasteiger partial charge in [0.2, 0.25) is 0 Å². The molecule has 1 unspecified atom stereocenters. The lowest BCUT2D eigenvalue weighted by molar-refractivity contribution is 0.0278. The van der Waals surface area contributed by atoms with Gasteiger partial charge in [-0.15, -0.1) is 0 Å². The lowest BCUT2D eigenvalue weighted by Gasteiger charge is -2.34. The van der Waals surface area contributed by atoms with Crippen molar-refractivity contribution < 1.29 is 4.74 Å². The molecular weight excluding hydrogens is 212 g/mol. The van der Waals surface area contributed by atoms with Crippen molar-refractivity contribution in [2.45, 2.75) is 31.8 Å². The third-order valence-electron chi connectivity index (χ3n) is 3.24. The highest BCUT2D eigenvalue weighted by Gasteiger charge is 2.26. The fourth-order valence-corrected chi connectivity index (χ4v) is 2.09. The van der Waals surface area contributed by atoms with E-state index in [1.807, 2.05) is 24.3 Å². The average Bonchev–Trinajstić information content (AvgIpc) is 2.38. The Morgan fingerprint density at radius 3 is 2.76 bits per heavy atom. The Kier molecular flexibility index (Phi) is 3.78. The van der Waals surface area contributed by atoms with E-state index in [1.54, 1.807) is 0 Å². The van der Waals surface area contributed by atoms with Crippen LogP contribution in [0.5, 0.6) is 0 Å². The molecule has 1 N–H and O–H groups in total. The molecule has 1 aromatic rings. The monoisotopic (exact) mass is 230 g/mol. The summed E-state index contributed by atoms with van der Waals surface area (Å²) in [5.74, 6) is 0. The van der Waals surface area contributed by atoms with Crippen molar-refractivity contribution in [1.82, 2.24) is 5.32 Å². The molecule has 0 radical (unpaired) electrons. The normalized spacial score (nSPS) is 24.2. The van der Waals surface area contributed by atoms with E-state index in [2.05, 4.69) is 18.3 Å². The summed E-state index contributed by atoms with van der Waals surface area (Å²) in [6.07, 6.45) is 2.28. The first-order chi connectivity index (χ1) is 8.22. The molecule has 1 saturated heterocycles. The van der Waals surface area contributed by atoms with Crippen molar-refractivity contribution in [1.29, 1.82) is 5.26 Å². The quantitative estimate of drug-likeness (QED) is 0.866. The highest BCUT2D eigenvalue weighted by Crippen LogP contribution is 2.18. The molecule has 0 spiro atoms. The van der Waals surface area contributed by atoms with Crippen LogP contribution < -0.4 is 5.32 Å². The maximum atomic E-state index is 8.72. The summed E-state index contributed by atoms with van der Waals surface area (Å²) in [7, 11) is 0. The molecule has 2 rings (SSSR count). The smallest absolute Gasteiger partial charge is 0.0991 e. The number of rotatable bonds is 3. The van der Waals surface area contributed by atoms with E-state index >= 15 is 0 Å². The summed E-state index contributed by atoms with van der Waals surface area (Å²) in [6.45, 7) is 4.69. The van der Waals surface area contributed by atoms with Crippen molar-refractivity contribution >= 4 is 0 Å². The molecule has 1 fully saturated rings. The third-order valence-corrected chi connectivity index (χ3v) is 3.24. The first-order valence-corrected chi connectivity index (χ1v) is 6.04. The lowest BCUT2D eigenvalue weighted by atomic mass is 9.94. The molecule has 17 heavy (non-hydrogen) atoms. The molecule has 1 atom stereocenters. The zero-order valence-corrected chi connectivity index (χ0v) is 10.2. The number of hydrogen-bond donors (Lipinski definition) is 1. The van der Waals surface area contributed by atoms with Gasteiger partial charge in [-0.3, -0.25) is 0 Å². The molecular formula is C14H18N2O. The Labute approximate surface area is 102 Å². The van der Waals surface area contributed by atoms with Crippen molar-refractivity contribution in [3.8, 4) is 6.07 Å². The van der Waals surface area contributed by atoms with Crippen LogP contribution in [0.2, 0.25) is 0 Å². The standard InChI is InChI=1S/C14H18N2O/c1-14(7-2-8-17-11-14)16-10-13-5-3-12(9-15)4-6-13/h3-6,16H,2,7-8,10-11H2,1H3. The van der Waals surface area contributed by atoms with Gasteiger partial charge in [0.15, 0.2) is 0 Å². The van der Waals surface area contributed by atoms with Gasteiger partial charge in [-0.2, -0.15) is 5.26 Å². The molecule has 0 amide bonds. The van der Waals surface area contributed by atoms with E-state index in [-0.39, 0.29) is 5.54 Å². The highest BCUT2D eigenvalue weighted by atomic mass is 16.5. The second-order valence-electron chi connectivity index (χ2n) is 4.88. The molecule has 0 aliphatic carbocycles. The Hall–Kier alpha value is -1.37. The second kappa shape index (κ2) is 5.31. The highest BCUT2D eigenvalue weighted by molar-refractivity contribution is 5.31. The van der Waals surface area contributed by atoms with Crippen LogP contribution in [0.15, 0.2) is 24.3 Å². The van der Waals surface area contributed by atoms with Crippen LogP contribution in [0.1, 0.15) is 30.9 Å². The van der Waals surface area contributed by atoms with E-state index in [0.717, 1.165) is 32.6 Å². The van der Waals surface area contributed by atoms with Crippen LogP contribution in [0.4, 0.5) is 0 Å². The SMILES string of the molecule is CC1(NCc2ccc(C#N)cc2)CCCOC1. The largest absolute Gasteiger partial charge is 0.380 e. The molecule has 1 aromatic carbocycles. The summed E-state index contributed by atoms with van der Waals surface area (Å²) in [5, 5.41) is 12.3. The minimum Gasteiger partial charge on any atom is -0.380 e.